The average Bonchev–Trinajstić information content (AvgIpc) is 2.28. The van der Waals surface area contributed by atoms with Crippen LogP contribution in [0.3, 0.4) is 0 Å². The summed E-state index contributed by atoms with van der Waals surface area (Å²) in [5, 5.41) is 16.4. The number of rotatable bonds is 2. The molecule has 17 heavy (non-hydrogen) atoms. The van der Waals surface area contributed by atoms with Gasteiger partial charge in [-0.05, 0) is 43.2 Å². The first-order valence-electron chi connectivity index (χ1n) is 5.17. The highest BCUT2D eigenvalue weighted by atomic mass is 16.5. The molecule has 0 N–H and O–H groups in total. The van der Waals surface area contributed by atoms with E-state index in [0.717, 1.165) is 11.1 Å². The normalized spacial score (nSPS) is 9.71. The highest BCUT2D eigenvalue weighted by Gasteiger charge is 2.06. The second-order valence-electron chi connectivity index (χ2n) is 3.79. The van der Waals surface area contributed by atoms with Crippen molar-refractivity contribution in [1.82, 2.24) is 10.2 Å². The number of aromatic nitrogens is 2. The molecule has 1 heterocycles. The van der Waals surface area contributed by atoms with Crippen LogP contribution in [0, 0.1) is 25.2 Å². The molecule has 0 aliphatic heterocycles. The Kier molecular flexibility index (Phi) is 3.01. The van der Waals surface area contributed by atoms with E-state index in [1.165, 1.54) is 6.20 Å². The lowest BCUT2D eigenvalue weighted by Gasteiger charge is -2.07. The van der Waals surface area contributed by atoms with E-state index in [2.05, 4.69) is 16.3 Å². The number of nitriles is 1. The van der Waals surface area contributed by atoms with E-state index >= 15 is 0 Å². The number of nitrogens with zero attached hydrogens (tertiary/aromatic N) is 3. The predicted molar refractivity (Wildman–Crippen MR) is 62.7 cm³/mol. The van der Waals surface area contributed by atoms with Crippen molar-refractivity contribution in [3.05, 3.63) is 47.2 Å². The number of ether oxygens (including phenoxy) is 1. The molecule has 0 aliphatic carbocycles. The molecule has 0 spiro atoms. The Hall–Kier alpha value is -2.41. The molecule has 4 nitrogen and oxygen atoms in total. The molecule has 2 rings (SSSR count). The average molecular weight is 225 g/mol. The van der Waals surface area contributed by atoms with Gasteiger partial charge in [0.25, 0.3) is 5.88 Å². The van der Waals surface area contributed by atoms with Crippen LogP contribution in [0.4, 0.5) is 0 Å². The molecule has 0 amide bonds. The molecule has 0 radical (unpaired) electrons. The van der Waals surface area contributed by atoms with Gasteiger partial charge in [0.1, 0.15) is 17.4 Å². The Morgan fingerprint density at radius 3 is 2.53 bits per heavy atom. The molecule has 84 valence electrons. The fraction of sp³-hybridized carbons (Fsp3) is 0.154. The standard InChI is InChI=1S/C13H11N3O/c1-9-5-10(2)7-12(6-9)17-13-11(8-14)3-4-15-16-13/h3-7H,1-2H3. The summed E-state index contributed by atoms with van der Waals surface area (Å²) in [7, 11) is 0. The summed E-state index contributed by atoms with van der Waals surface area (Å²) in [6.07, 6.45) is 1.47. The predicted octanol–water partition coefficient (Wildman–Crippen LogP) is 2.76. The SMILES string of the molecule is Cc1cc(C)cc(Oc2nnccc2C#N)c1. The summed E-state index contributed by atoms with van der Waals surface area (Å²) in [6.45, 7) is 3.98. The van der Waals surface area contributed by atoms with Gasteiger partial charge in [-0.2, -0.15) is 10.4 Å². The smallest absolute Gasteiger partial charge is 0.256 e. The minimum atomic E-state index is 0.236. The number of hydrogen-bond donors (Lipinski definition) is 0. The van der Waals surface area contributed by atoms with Crippen LogP contribution in [-0.2, 0) is 0 Å². The number of benzene rings is 1. The van der Waals surface area contributed by atoms with Gasteiger partial charge in [-0.25, -0.2) is 0 Å². The topological polar surface area (TPSA) is 58.8 Å². The molecule has 0 aliphatic rings. The number of aryl methyl sites for hydroxylation is 2. The summed E-state index contributed by atoms with van der Waals surface area (Å²) in [6, 6.07) is 9.43. The van der Waals surface area contributed by atoms with E-state index in [9.17, 15) is 0 Å². The van der Waals surface area contributed by atoms with Crippen LogP contribution >= 0.6 is 0 Å². The molecule has 0 bridgehead atoms. The fourth-order valence-electron chi connectivity index (χ4n) is 1.58. The highest BCUT2D eigenvalue weighted by molar-refractivity contribution is 5.40. The van der Waals surface area contributed by atoms with Crippen molar-refractivity contribution in [1.29, 1.82) is 5.26 Å². The van der Waals surface area contributed by atoms with Gasteiger partial charge in [-0.3, -0.25) is 0 Å². The van der Waals surface area contributed by atoms with Crippen LogP contribution in [0.25, 0.3) is 0 Å². The van der Waals surface area contributed by atoms with Crippen LogP contribution in [-0.4, -0.2) is 10.2 Å². The minimum Gasteiger partial charge on any atom is -0.437 e. The zero-order valence-electron chi connectivity index (χ0n) is 9.64. The van der Waals surface area contributed by atoms with Crippen LogP contribution < -0.4 is 4.74 Å². The van der Waals surface area contributed by atoms with E-state index in [4.69, 9.17) is 10.00 Å². The molecule has 1 aromatic heterocycles. The molecule has 0 saturated heterocycles. The van der Waals surface area contributed by atoms with E-state index in [0.29, 0.717) is 11.3 Å². The molecular weight excluding hydrogens is 214 g/mol. The van der Waals surface area contributed by atoms with Gasteiger partial charge in [0, 0.05) is 0 Å². The lowest BCUT2D eigenvalue weighted by molar-refractivity contribution is 0.453. The maximum Gasteiger partial charge on any atom is 0.256 e. The Bertz CT molecular complexity index is 567. The molecule has 0 unspecified atom stereocenters. The Balaban J connectivity index is 2.35. The molecule has 0 saturated carbocycles. The fourth-order valence-corrected chi connectivity index (χ4v) is 1.58. The first-order chi connectivity index (χ1) is 8.19. The zero-order valence-corrected chi connectivity index (χ0v) is 9.64. The molecular formula is C13H11N3O. The van der Waals surface area contributed by atoms with Crippen LogP contribution in [0.5, 0.6) is 11.6 Å². The summed E-state index contributed by atoms with van der Waals surface area (Å²) < 4.78 is 5.57. The van der Waals surface area contributed by atoms with Gasteiger partial charge in [0.2, 0.25) is 0 Å². The maximum atomic E-state index is 8.91. The van der Waals surface area contributed by atoms with Crippen LogP contribution in [0.2, 0.25) is 0 Å². The maximum absolute atomic E-state index is 8.91. The molecule has 1 aromatic carbocycles. The molecule has 2 aromatic rings. The molecule has 4 heteroatoms. The van der Waals surface area contributed by atoms with Crippen molar-refractivity contribution in [2.45, 2.75) is 13.8 Å². The van der Waals surface area contributed by atoms with Crippen molar-refractivity contribution in [3.63, 3.8) is 0 Å². The molecule has 0 atom stereocenters. The van der Waals surface area contributed by atoms with Crippen LogP contribution in [0.1, 0.15) is 16.7 Å². The van der Waals surface area contributed by atoms with Gasteiger partial charge in [-0.15, -0.1) is 5.10 Å². The Morgan fingerprint density at radius 2 is 1.88 bits per heavy atom. The van der Waals surface area contributed by atoms with Crippen LogP contribution in [0.15, 0.2) is 30.5 Å². The van der Waals surface area contributed by atoms with Crippen molar-refractivity contribution < 1.29 is 4.74 Å². The third kappa shape index (κ3) is 2.58. The lowest BCUT2D eigenvalue weighted by Crippen LogP contribution is -1.94. The van der Waals surface area contributed by atoms with Gasteiger partial charge in [0.05, 0.1) is 6.20 Å². The third-order valence-corrected chi connectivity index (χ3v) is 2.22. The van der Waals surface area contributed by atoms with Gasteiger partial charge in [-0.1, -0.05) is 6.07 Å². The van der Waals surface area contributed by atoms with E-state index in [-0.39, 0.29) is 5.88 Å². The summed E-state index contributed by atoms with van der Waals surface area (Å²) in [5.74, 6) is 0.902. The second kappa shape index (κ2) is 4.62. The largest absolute Gasteiger partial charge is 0.437 e. The van der Waals surface area contributed by atoms with Gasteiger partial charge in [0.15, 0.2) is 0 Å². The minimum absolute atomic E-state index is 0.236. The Morgan fingerprint density at radius 1 is 1.18 bits per heavy atom. The summed E-state index contributed by atoms with van der Waals surface area (Å²) in [4.78, 5) is 0. The summed E-state index contributed by atoms with van der Waals surface area (Å²) in [5.41, 5.74) is 2.57. The first kappa shape index (κ1) is 11.1. The number of hydrogen-bond acceptors (Lipinski definition) is 4. The second-order valence-corrected chi connectivity index (χ2v) is 3.79. The van der Waals surface area contributed by atoms with E-state index in [1.807, 2.05) is 32.0 Å². The third-order valence-electron chi connectivity index (χ3n) is 2.22. The highest BCUT2D eigenvalue weighted by Crippen LogP contribution is 2.23. The van der Waals surface area contributed by atoms with Crippen molar-refractivity contribution in [2.24, 2.45) is 0 Å². The monoisotopic (exact) mass is 225 g/mol. The van der Waals surface area contributed by atoms with Crippen molar-refractivity contribution in [2.75, 3.05) is 0 Å². The quantitative estimate of drug-likeness (QED) is 0.788. The molecule has 0 fully saturated rings. The lowest BCUT2D eigenvalue weighted by atomic mass is 10.1. The first-order valence-corrected chi connectivity index (χ1v) is 5.17. The van der Waals surface area contributed by atoms with Crippen molar-refractivity contribution >= 4 is 0 Å². The van der Waals surface area contributed by atoms with E-state index in [1.54, 1.807) is 6.07 Å². The zero-order chi connectivity index (χ0) is 12.3. The van der Waals surface area contributed by atoms with E-state index < -0.39 is 0 Å². The van der Waals surface area contributed by atoms with Gasteiger partial charge >= 0.3 is 0 Å². The van der Waals surface area contributed by atoms with Gasteiger partial charge < -0.3 is 4.74 Å². The Labute approximate surface area is 99.5 Å². The van der Waals surface area contributed by atoms with Crippen molar-refractivity contribution in [3.8, 4) is 17.7 Å². The summed E-state index contributed by atoms with van der Waals surface area (Å²) >= 11 is 0.